The lowest BCUT2D eigenvalue weighted by Crippen LogP contribution is -2.17. The Bertz CT molecular complexity index is 501. The molecule has 0 bridgehead atoms. The molecule has 2 rings (SSSR count). The molecule has 0 fully saturated rings. The summed E-state index contributed by atoms with van der Waals surface area (Å²) in [4.78, 5) is 21.5. The summed E-state index contributed by atoms with van der Waals surface area (Å²) in [5, 5.41) is 10.7. The van der Waals surface area contributed by atoms with Crippen LogP contribution in [0.3, 0.4) is 0 Å². The maximum absolute atomic E-state index is 11.3. The topological polar surface area (TPSA) is 87.9 Å². The van der Waals surface area contributed by atoms with Crippen molar-refractivity contribution in [2.24, 2.45) is 0 Å². The van der Waals surface area contributed by atoms with Gasteiger partial charge in [-0.3, -0.25) is 14.9 Å². The summed E-state index contributed by atoms with van der Waals surface area (Å²) in [5.41, 5.74) is 0.659. The van der Waals surface area contributed by atoms with E-state index in [-0.39, 0.29) is 19.8 Å². The number of carbonyl (C=O) groups excluding carboxylic acids is 1. The van der Waals surface area contributed by atoms with Crippen LogP contribution in [-0.4, -0.2) is 31.3 Å². The lowest BCUT2D eigenvalue weighted by atomic mass is 9.95. The molecule has 0 saturated heterocycles. The van der Waals surface area contributed by atoms with Gasteiger partial charge >= 0.3 is 5.97 Å². The van der Waals surface area contributed by atoms with Crippen LogP contribution in [-0.2, 0) is 9.53 Å². The largest absolute Gasteiger partial charge is 0.469 e. The minimum atomic E-state index is -0.544. The van der Waals surface area contributed by atoms with Crippen molar-refractivity contribution in [3.8, 4) is 11.5 Å². The molecule has 0 spiro atoms. The summed E-state index contributed by atoms with van der Waals surface area (Å²) in [6.07, 6.45) is -0.0445. The Morgan fingerprint density at radius 1 is 1.47 bits per heavy atom. The molecule has 102 valence electrons. The standard InChI is InChI=1S/C12H13NO6/c1-17-12(14)5-9(6-13(15)16)8-2-3-10-11(4-8)19-7-18-10/h2-4,9H,5-7H2,1H3/t9-/m1/s1. The lowest BCUT2D eigenvalue weighted by Gasteiger charge is -2.12. The highest BCUT2D eigenvalue weighted by Crippen LogP contribution is 2.35. The molecule has 19 heavy (non-hydrogen) atoms. The van der Waals surface area contributed by atoms with Crippen molar-refractivity contribution >= 4 is 5.97 Å². The highest BCUT2D eigenvalue weighted by Gasteiger charge is 2.24. The molecule has 1 aliphatic rings. The number of hydrogen-bond donors (Lipinski definition) is 0. The van der Waals surface area contributed by atoms with E-state index in [2.05, 4.69) is 4.74 Å². The van der Waals surface area contributed by atoms with E-state index < -0.39 is 16.8 Å². The molecule has 0 unspecified atom stereocenters. The number of nitro groups is 1. The van der Waals surface area contributed by atoms with E-state index in [4.69, 9.17) is 9.47 Å². The molecule has 0 aromatic heterocycles. The number of hydrogen-bond acceptors (Lipinski definition) is 6. The molecule has 0 aliphatic carbocycles. The first-order valence-electron chi connectivity index (χ1n) is 5.68. The number of esters is 1. The average Bonchev–Trinajstić information content (AvgIpc) is 2.84. The van der Waals surface area contributed by atoms with Gasteiger partial charge in [-0.15, -0.1) is 0 Å². The molecule has 0 amide bonds. The Hall–Kier alpha value is -2.31. The lowest BCUT2D eigenvalue weighted by molar-refractivity contribution is -0.483. The summed E-state index contributed by atoms with van der Waals surface area (Å²) >= 11 is 0. The molecule has 1 aromatic rings. The monoisotopic (exact) mass is 267 g/mol. The highest BCUT2D eigenvalue weighted by atomic mass is 16.7. The van der Waals surface area contributed by atoms with E-state index in [1.807, 2.05) is 0 Å². The van der Waals surface area contributed by atoms with E-state index in [0.29, 0.717) is 17.1 Å². The smallest absolute Gasteiger partial charge is 0.306 e. The van der Waals surface area contributed by atoms with Gasteiger partial charge in [0, 0.05) is 4.92 Å². The Balaban J connectivity index is 2.21. The maximum atomic E-state index is 11.3. The highest BCUT2D eigenvalue weighted by molar-refractivity contribution is 5.70. The number of benzene rings is 1. The van der Waals surface area contributed by atoms with E-state index in [1.165, 1.54) is 7.11 Å². The van der Waals surface area contributed by atoms with Crippen LogP contribution in [0.25, 0.3) is 0 Å². The normalized spacial score (nSPS) is 13.9. The number of ether oxygens (including phenoxy) is 3. The summed E-state index contributed by atoms with van der Waals surface area (Å²) in [6, 6.07) is 5.05. The molecule has 7 nitrogen and oxygen atoms in total. The zero-order valence-corrected chi connectivity index (χ0v) is 10.3. The molecule has 7 heteroatoms. The predicted molar refractivity (Wildman–Crippen MR) is 63.8 cm³/mol. The predicted octanol–water partition coefficient (Wildman–Crippen LogP) is 1.34. The first kappa shape index (κ1) is 13.1. The molecule has 0 saturated carbocycles. The van der Waals surface area contributed by atoms with Gasteiger partial charge in [-0.05, 0) is 17.7 Å². The molecule has 1 aliphatic heterocycles. The number of nitrogens with zero attached hydrogens (tertiary/aromatic N) is 1. The summed E-state index contributed by atoms with van der Waals surface area (Å²) in [6.45, 7) is -0.204. The third kappa shape index (κ3) is 3.12. The van der Waals surface area contributed by atoms with E-state index in [1.54, 1.807) is 18.2 Å². The molecular weight excluding hydrogens is 254 g/mol. The maximum Gasteiger partial charge on any atom is 0.306 e. The van der Waals surface area contributed by atoms with Crippen LogP contribution < -0.4 is 9.47 Å². The Morgan fingerprint density at radius 2 is 2.21 bits per heavy atom. The zero-order chi connectivity index (χ0) is 13.8. The van der Waals surface area contributed by atoms with Crippen LogP contribution in [0.2, 0.25) is 0 Å². The van der Waals surface area contributed by atoms with Crippen molar-refractivity contribution in [2.45, 2.75) is 12.3 Å². The molecule has 0 N–H and O–H groups in total. The van der Waals surface area contributed by atoms with Crippen molar-refractivity contribution in [3.63, 3.8) is 0 Å². The van der Waals surface area contributed by atoms with Gasteiger partial charge < -0.3 is 14.2 Å². The number of carbonyl (C=O) groups is 1. The fourth-order valence-corrected chi connectivity index (χ4v) is 1.92. The summed E-state index contributed by atoms with van der Waals surface area (Å²) in [7, 11) is 1.26. The minimum Gasteiger partial charge on any atom is -0.469 e. The van der Waals surface area contributed by atoms with Crippen molar-refractivity contribution in [1.29, 1.82) is 0 Å². The molecular formula is C12H13NO6. The average molecular weight is 267 g/mol. The van der Waals surface area contributed by atoms with Gasteiger partial charge in [0.25, 0.3) is 0 Å². The van der Waals surface area contributed by atoms with Gasteiger partial charge in [-0.2, -0.15) is 0 Å². The van der Waals surface area contributed by atoms with Crippen LogP contribution in [0.5, 0.6) is 11.5 Å². The second-order valence-corrected chi connectivity index (χ2v) is 4.11. The van der Waals surface area contributed by atoms with Crippen molar-refractivity contribution in [3.05, 3.63) is 33.9 Å². The molecule has 1 atom stereocenters. The van der Waals surface area contributed by atoms with Crippen molar-refractivity contribution < 1.29 is 23.9 Å². The summed E-state index contributed by atoms with van der Waals surface area (Å²) in [5.74, 6) is 0.110. The Labute approximate surface area is 109 Å². The van der Waals surface area contributed by atoms with Gasteiger partial charge in [-0.1, -0.05) is 6.07 Å². The van der Waals surface area contributed by atoms with Crippen LogP contribution in [0, 0.1) is 10.1 Å². The second-order valence-electron chi connectivity index (χ2n) is 4.11. The first-order chi connectivity index (χ1) is 9.10. The third-order valence-electron chi connectivity index (χ3n) is 2.88. The van der Waals surface area contributed by atoms with Crippen LogP contribution in [0.4, 0.5) is 0 Å². The quantitative estimate of drug-likeness (QED) is 0.454. The van der Waals surface area contributed by atoms with Crippen LogP contribution in [0.1, 0.15) is 17.9 Å². The van der Waals surface area contributed by atoms with E-state index >= 15 is 0 Å². The number of methoxy groups -OCH3 is 1. The Kier molecular flexibility index (Phi) is 3.84. The van der Waals surface area contributed by atoms with Gasteiger partial charge in [0.2, 0.25) is 13.3 Å². The fourth-order valence-electron chi connectivity index (χ4n) is 1.92. The van der Waals surface area contributed by atoms with Crippen LogP contribution >= 0.6 is 0 Å². The minimum absolute atomic E-state index is 0.0445. The van der Waals surface area contributed by atoms with Crippen molar-refractivity contribution in [1.82, 2.24) is 0 Å². The van der Waals surface area contributed by atoms with Crippen molar-refractivity contribution in [2.75, 3.05) is 20.4 Å². The second kappa shape index (κ2) is 5.55. The van der Waals surface area contributed by atoms with Crippen LogP contribution in [0.15, 0.2) is 18.2 Å². The van der Waals surface area contributed by atoms with Gasteiger partial charge in [0.05, 0.1) is 19.4 Å². The van der Waals surface area contributed by atoms with Gasteiger partial charge in [0.15, 0.2) is 11.5 Å². The Morgan fingerprint density at radius 3 is 2.89 bits per heavy atom. The fraction of sp³-hybridized carbons (Fsp3) is 0.417. The number of fused-ring (bicyclic) bond motifs is 1. The number of rotatable bonds is 5. The van der Waals surface area contributed by atoms with E-state index in [9.17, 15) is 14.9 Å². The van der Waals surface area contributed by atoms with E-state index in [0.717, 1.165) is 0 Å². The SMILES string of the molecule is COC(=O)C[C@H](C[N+](=O)[O-])c1ccc2c(c1)OCO2. The molecule has 0 radical (unpaired) electrons. The first-order valence-corrected chi connectivity index (χ1v) is 5.68. The van der Waals surface area contributed by atoms with Gasteiger partial charge in [-0.25, -0.2) is 0 Å². The summed E-state index contributed by atoms with van der Waals surface area (Å²) < 4.78 is 14.9. The van der Waals surface area contributed by atoms with Gasteiger partial charge in [0.1, 0.15) is 0 Å². The molecule has 1 aromatic carbocycles. The zero-order valence-electron chi connectivity index (χ0n) is 10.3. The molecule has 1 heterocycles. The third-order valence-corrected chi connectivity index (χ3v) is 2.88.